The van der Waals surface area contributed by atoms with Gasteiger partial charge >= 0.3 is 0 Å². The third-order valence-corrected chi connectivity index (χ3v) is 6.60. The summed E-state index contributed by atoms with van der Waals surface area (Å²) >= 11 is 1.30. The van der Waals surface area contributed by atoms with E-state index in [0.29, 0.717) is 35.6 Å². The predicted molar refractivity (Wildman–Crippen MR) is 128 cm³/mol. The van der Waals surface area contributed by atoms with Gasteiger partial charge < -0.3 is 14.4 Å². The maximum Gasteiger partial charge on any atom is 0.232 e. The van der Waals surface area contributed by atoms with Crippen molar-refractivity contribution < 1.29 is 18.7 Å². The Balaban J connectivity index is 1.43. The SMILES string of the molecule is C[C@@H](c1nnc(SCC(=O)N(C)C[C@@H]2COc3ccccc3O2)n1-c1ccc(F)cc1)N(C)C. The van der Waals surface area contributed by atoms with Gasteiger partial charge in [-0.3, -0.25) is 14.3 Å². The van der Waals surface area contributed by atoms with Crippen molar-refractivity contribution in [1.29, 1.82) is 0 Å². The van der Waals surface area contributed by atoms with E-state index < -0.39 is 0 Å². The number of carbonyl (C=O) groups excluding carboxylic acids is 1. The third-order valence-electron chi connectivity index (χ3n) is 5.69. The molecule has 0 unspecified atom stereocenters. The molecule has 2 atom stereocenters. The quantitative estimate of drug-likeness (QED) is 0.453. The first-order valence-corrected chi connectivity index (χ1v) is 11.9. The van der Waals surface area contributed by atoms with E-state index in [9.17, 15) is 9.18 Å². The van der Waals surface area contributed by atoms with Crippen LogP contribution >= 0.6 is 11.8 Å². The van der Waals surface area contributed by atoms with Crippen LogP contribution in [0.3, 0.4) is 0 Å². The molecule has 2 heterocycles. The number of amides is 1. The van der Waals surface area contributed by atoms with Gasteiger partial charge in [0, 0.05) is 12.7 Å². The number of rotatable bonds is 8. The van der Waals surface area contributed by atoms with E-state index >= 15 is 0 Å². The molecular weight excluding hydrogens is 457 g/mol. The van der Waals surface area contributed by atoms with Crippen LogP contribution in [-0.2, 0) is 4.79 Å². The number of thioether (sulfide) groups is 1. The van der Waals surface area contributed by atoms with Crippen molar-refractivity contribution in [2.45, 2.75) is 24.2 Å². The summed E-state index contributed by atoms with van der Waals surface area (Å²) in [7, 11) is 5.65. The highest BCUT2D eigenvalue weighted by molar-refractivity contribution is 7.99. The van der Waals surface area contributed by atoms with Gasteiger partial charge in [-0.2, -0.15) is 0 Å². The standard InChI is InChI=1S/C24H28FN5O3S/c1-16(28(2)3)23-26-27-24(30(23)18-11-9-17(25)10-12-18)34-15-22(31)29(4)13-19-14-32-20-7-5-6-8-21(20)33-19/h5-12,16,19H,13-15H2,1-4H3/t16-,19+/m0/s1. The predicted octanol–water partition coefficient (Wildman–Crippen LogP) is 3.42. The number of likely N-dealkylation sites (N-methyl/N-ethyl adjacent to an activating group) is 1. The van der Waals surface area contributed by atoms with E-state index in [1.807, 2.05) is 54.8 Å². The van der Waals surface area contributed by atoms with Gasteiger partial charge in [-0.15, -0.1) is 10.2 Å². The Bertz CT molecular complexity index is 1140. The Morgan fingerprint density at radius 2 is 1.85 bits per heavy atom. The van der Waals surface area contributed by atoms with Crippen molar-refractivity contribution in [1.82, 2.24) is 24.6 Å². The molecule has 2 aromatic carbocycles. The molecule has 0 saturated heterocycles. The second-order valence-corrected chi connectivity index (χ2v) is 9.30. The molecule has 1 aromatic heterocycles. The lowest BCUT2D eigenvalue weighted by atomic mass is 10.2. The number of carbonyl (C=O) groups is 1. The molecule has 3 aromatic rings. The molecule has 1 aliphatic heterocycles. The van der Waals surface area contributed by atoms with Crippen molar-refractivity contribution in [3.8, 4) is 17.2 Å². The van der Waals surface area contributed by atoms with Gasteiger partial charge in [0.25, 0.3) is 0 Å². The van der Waals surface area contributed by atoms with Crippen molar-refractivity contribution >= 4 is 17.7 Å². The van der Waals surface area contributed by atoms with Crippen LogP contribution in [0.2, 0.25) is 0 Å². The third kappa shape index (κ3) is 5.34. The maximum absolute atomic E-state index is 13.5. The van der Waals surface area contributed by atoms with Crippen LogP contribution < -0.4 is 9.47 Å². The molecule has 0 bridgehead atoms. The minimum Gasteiger partial charge on any atom is -0.486 e. The van der Waals surface area contributed by atoms with Gasteiger partial charge in [0.2, 0.25) is 5.91 Å². The van der Waals surface area contributed by atoms with Crippen LogP contribution in [0.25, 0.3) is 5.69 Å². The zero-order chi connectivity index (χ0) is 24.2. The Kier molecular flexibility index (Phi) is 7.38. The number of para-hydroxylation sites is 2. The van der Waals surface area contributed by atoms with Gasteiger partial charge in [-0.05, 0) is 57.4 Å². The number of ether oxygens (including phenoxy) is 2. The summed E-state index contributed by atoms with van der Waals surface area (Å²) in [5.74, 6) is 1.90. The molecule has 34 heavy (non-hydrogen) atoms. The first-order chi connectivity index (χ1) is 16.3. The van der Waals surface area contributed by atoms with E-state index in [-0.39, 0.29) is 29.6 Å². The summed E-state index contributed by atoms with van der Waals surface area (Å²) in [5.41, 5.74) is 0.741. The van der Waals surface area contributed by atoms with Gasteiger partial charge in [0.05, 0.1) is 18.3 Å². The van der Waals surface area contributed by atoms with Crippen molar-refractivity contribution in [3.63, 3.8) is 0 Å². The normalized spacial score (nSPS) is 15.9. The van der Waals surface area contributed by atoms with E-state index in [0.717, 1.165) is 5.69 Å². The fourth-order valence-electron chi connectivity index (χ4n) is 3.51. The number of nitrogens with zero attached hydrogens (tertiary/aromatic N) is 5. The van der Waals surface area contributed by atoms with E-state index in [4.69, 9.17) is 9.47 Å². The van der Waals surface area contributed by atoms with E-state index in [1.165, 1.54) is 23.9 Å². The Morgan fingerprint density at radius 3 is 2.56 bits per heavy atom. The monoisotopic (exact) mass is 485 g/mol. The van der Waals surface area contributed by atoms with Crippen LogP contribution in [0.1, 0.15) is 18.8 Å². The number of benzene rings is 2. The second kappa shape index (κ2) is 10.4. The fourth-order valence-corrected chi connectivity index (χ4v) is 4.41. The van der Waals surface area contributed by atoms with Crippen LogP contribution in [0, 0.1) is 5.82 Å². The molecule has 8 nitrogen and oxygen atoms in total. The average Bonchev–Trinajstić information content (AvgIpc) is 3.26. The van der Waals surface area contributed by atoms with Crippen LogP contribution in [0.5, 0.6) is 11.5 Å². The van der Waals surface area contributed by atoms with Crippen LogP contribution in [-0.4, -0.2) is 76.6 Å². The number of aromatic nitrogens is 3. The summed E-state index contributed by atoms with van der Waals surface area (Å²) in [6.45, 7) is 2.80. The molecule has 0 fully saturated rings. The lowest BCUT2D eigenvalue weighted by molar-refractivity contribution is -0.128. The number of halogens is 1. The summed E-state index contributed by atoms with van der Waals surface area (Å²) < 4.78 is 27.1. The Hall–Kier alpha value is -3.11. The summed E-state index contributed by atoms with van der Waals surface area (Å²) in [4.78, 5) is 16.5. The summed E-state index contributed by atoms with van der Waals surface area (Å²) in [6.07, 6.45) is -0.246. The molecule has 1 aliphatic rings. The largest absolute Gasteiger partial charge is 0.486 e. The molecule has 0 aliphatic carbocycles. The second-order valence-electron chi connectivity index (χ2n) is 8.35. The number of fused-ring (bicyclic) bond motifs is 1. The van der Waals surface area contributed by atoms with Crippen LogP contribution in [0.4, 0.5) is 4.39 Å². The highest BCUT2D eigenvalue weighted by atomic mass is 32.2. The van der Waals surface area contributed by atoms with Gasteiger partial charge in [-0.1, -0.05) is 23.9 Å². The highest BCUT2D eigenvalue weighted by Crippen LogP contribution is 2.31. The van der Waals surface area contributed by atoms with E-state index in [1.54, 1.807) is 24.1 Å². The molecule has 0 spiro atoms. The minimum absolute atomic E-state index is 0.0309. The highest BCUT2D eigenvalue weighted by Gasteiger charge is 2.25. The zero-order valence-corrected chi connectivity index (χ0v) is 20.5. The molecule has 4 rings (SSSR count). The fraction of sp³-hybridized carbons (Fsp3) is 0.375. The molecule has 180 valence electrons. The first kappa shape index (κ1) is 24.0. The van der Waals surface area contributed by atoms with Gasteiger partial charge in [-0.25, -0.2) is 4.39 Å². The summed E-state index contributed by atoms with van der Waals surface area (Å²) in [6, 6.07) is 13.6. The lowest BCUT2D eigenvalue weighted by Gasteiger charge is -2.29. The average molecular weight is 486 g/mol. The molecular formula is C24H28FN5O3S. The Morgan fingerprint density at radius 1 is 1.15 bits per heavy atom. The molecule has 0 N–H and O–H groups in total. The molecule has 0 saturated carbocycles. The number of hydrogen-bond acceptors (Lipinski definition) is 7. The molecule has 0 radical (unpaired) electrons. The van der Waals surface area contributed by atoms with Crippen LogP contribution in [0.15, 0.2) is 53.7 Å². The van der Waals surface area contributed by atoms with Crippen molar-refractivity contribution in [2.75, 3.05) is 40.0 Å². The maximum atomic E-state index is 13.5. The molecule has 10 heteroatoms. The van der Waals surface area contributed by atoms with Crippen molar-refractivity contribution in [2.24, 2.45) is 0 Å². The minimum atomic E-state index is -0.318. The lowest BCUT2D eigenvalue weighted by Crippen LogP contribution is -2.42. The van der Waals surface area contributed by atoms with Gasteiger partial charge in [0.15, 0.2) is 28.6 Å². The smallest absolute Gasteiger partial charge is 0.232 e. The van der Waals surface area contributed by atoms with E-state index in [2.05, 4.69) is 10.2 Å². The summed E-state index contributed by atoms with van der Waals surface area (Å²) in [5, 5.41) is 9.27. The Labute approximate surface area is 202 Å². The number of hydrogen-bond donors (Lipinski definition) is 0. The van der Waals surface area contributed by atoms with Crippen molar-refractivity contribution in [3.05, 3.63) is 60.2 Å². The zero-order valence-electron chi connectivity index (χ0n) is 19.6. The van der Waals surface area contributed by atoms with Gasteiger partial charge in [0.1, 0.15) is 12.4 Å². The first-order valence-electron chi connectivity index (χ1n) is 11.0. The molecule has 1 amide bonds. The topological polar surface area (TPSA) is 72.7 Å².